The van der Waals surface area contributed by atoms with Crippen LogP contribution >= 0.6 is 0 Å². The molecule has 0 aliphatic carbocycles. The van der Waals surface area contributed by atoms with Crippen molar-refractivity contribution in [2.75, 3.05) is 0 Å². The topological polar surface area (TPSA) is 57.4 Å². The number of benzene rings is 13. The number of hydrogen-bond acceptors (Lipinski definition) is 2. The lowest BCUT2D eigenvalue weighted by molar-refractivity contribution is 1.18. The van der Waals surface area contributed by atoms with Gasteiger partial charge in [-0.1, -0.05) is 231 Å². The van der Waals surface area contributed by atoms with Gasteiger partial charge in [0.1, 0.15) is 12.1 Å². The summed E-state index contributed by atoms with van der Waals surface area (Å²) in [5, 5.41) is 28.2. The van der Waals surface area contributed by atoms with Crippen molar-refractivity contribution < 1.29 is 0 Å². The molecule has 84 heavy (non-hydrogen) atoms. The summed E-state index contributed by atoms with van der Waals surface area (Å²) in [7, 11) is 0. The Balaban J connectivity index is 0.906. The van der Waals surface area contributed by atoms with E-state index in [2.05, 4.69) is 264 Å². The fraction of sp³-hybridized carbons (Fsp3) is 0. The molecule has 4 nitrogen and oxygen atoms in total. The van der Waals surface area contributed by atoms with E-state index >= 15 is 0 Å². The molecule has 0 spiro atoms. The maximum atomic E-state index is 11.8. The highest BCUT2D eigenvalue weighted by Gasteiger charge is 2.28. The molecule has 0 aliphatic rings. The molecule has 0 bridgehead atoms. The highest BCUT2D eigenvalue weighted by molar-refractivity contribution is 6.13. The number of nitriles is 2. The van der Waals surface area contributed by atoms with Crippen LogP contribution in [0.15, 0.2) is 303 Å². The normalized spacial score (nSPS) is 11.3. The maximum absolute atomic E-state index is 11.8. The van der Waals surface area contributed by atoms with Crippen LogP contribution in [0.25, 0.3) is 144 Å². The van der Waals surface area contributed by atoms with Crippen LogP contribution in [-0.4, -0.2) is 9.13 Å². The van der Waals surface area contributed by atoms with E-state index in [1.54, 1.807) is 0 Å². The van der Waals surface area contributed by atoms with Crippen molar-refractivity contribution in [1.29, 1.82) is 10.5 Å². The first-order valence-corrected chi connectivity index (χ1v) is 28.3. The number of hydrogen-bond donors (Lipinski definition) is 0. The van der Waals surface area contributed by atoms with Crippen molar-refractivity contribution in [2.45, 2.75) is 0 Å². The first-order valence-electron chi connectivity index (χ1n) is 28.3. The minimum Gasteiger partial charge on any atom is -0.309 e. The van der Waals surface area contributed by atoms with Crippen LogP contribution < -0.4 is 0 Å². The Morgan fingerprint density at radius 2 is 0.405 bits per heavy atom. The summed E-state index contributed by atoms with van der Waals surface area (Å²) in [6.07, 6.45) is 0. The summed E-state index contributed by atoms with van der Waals surface area (Å²) in [6, 6.07) is 112. The standard InChI is InChI=1S/C80H50N4/c81-51-71-78(58-29-17-6-18-30-58)80(60-33-41-66(42-34-60)84-75-45-37-63(55-23-11-3-12-24-55)49-69(75)70-50-64(38-46-76(70)84)56-25-13-4-14-26-56)72(52-82)77(57-27-15-5-16-28-57)79(71)59-31-39-65(40-32-59)83-73-43-35-61(53-19-7-1-8-20-53)47-67(73)68-48-62(36-44-74(68)83)54-21-9-2-10-22-54/h1-50H. The van der Waals surface area contributed by atoms with Crippen molar-refractivity contribution in [3.63, 3.8) is 0 Å². The van der Waals surface area contributed by atoms with Gasteiger partial charge in [0.05, 0.1) is 33.2 Å². The maximum Gasteiger partial charge on any atom is 0.100 e. The summed E-state index contributed by atoms with van der Waals surface area (Å²) in [5.41, 5.74) is 22.8. The number of aromatic nitrogens is 2. The summed E-state index contributed by atoms with van der Waals surface area (Å²) in [5.74, 6) is 0. The number of rotatable bonds is 10. The molecule has 0 radical (unpaired) electrons. The zero-order chi connectivity index (χ0) is 56.1. The molecule has 0 aliphatic heterocycles. The second-order valence-corrected chi connectivity index (χ2v) is 21.4. The third-order valence-electron chi connectivity index (χ3n) is 16.6. The zero-order valence-electron chi connectivity index (χ0n) is 45.7. The molecule has 0 fully saturated rings. The van der Waals surface area contributed by atoms with Gasteiger partial charge < -0.3 is 9.13 Å². The Bertz CT molecular complexity index is 4550. The molecule has 15 rings (SSSR count). The molecule has 0 saturated heterocycles. The van der Waals surface area contributed by atoms with Gasteiger partial charge in [0.25, 0.3) is 0 Å². The van der Waals surface area contributed by atoms with Crippen molar-refractivity contribution in [3.05, 3.63) is 314 Å². The third-order valence-corrected chi connectivity index (χ3v) is 16.6. The van der Waals surface area contributed by atoms with Gasteiger partial charge in [-0.15, -0.1) is 0 Å². The SMILES string of the molecule is N#Cc1c(-c2ccccc2)c(-c2ccc(-n3c4ccc(-c5ccccc5)cc4c4cc(-c5ccccc5)ccc43)cc2)c(C#N)c(-c2ccccc2)c1-c1ccc(-n2c3ccc(-c4ccccc4)cc3c3cc(-c4ccccc4)ccc32)cc1. The Morgan fingerprint density at radius 3 is 0.631 bits per heavy atom. The van der Waals surface area contributed by atoms with Crippen LogP contribution in [0.3, 0.4) is 0 Å². The smallest absolute Gasteiger partial charge is 0.100 e. The van der Waals surface area contributed by atoms with E-state index in [-0.39, 0.29) is 0 Å². The van der Waals surface area contributed by atoms with Gasteiger partial charge in [0.15, 0.2) is 0 Å². The molecule has 0 N–H and O–H groups in total. The molecule has 0 unspecified atom stereocenters. The summed E-state index contributed by atoms with van der Waals surface area (Å²) < 4.78 is 4.68. The molecule has 13 aromatic carbocycles. The Kier molecular flexibility index (Phi) is 12.3. The molecule has 0 saturated carbocycles. The average molecular weight is 1070 g/mol. The van der Waals surface area contributed by atoms with E-state index in [4.69, 9.17) is 0 Å². The third kappa shape index (κ3) is 8.45. The van der Waals surface area contributed by atoms with Crippen molar-refractivity contribution >= 4 is 43.6 Å². The lowest BCUT2D eigenvalue weighted by Crippen LogP contribution is -2.03. The molecule has 0 atom stereocenters. The van der Waals surface area contributed by atoms with Gasteiger partial charge in [-0.2, -0.15) is 10.5 Å². The number of fused-ring (bicyclic) bond motifs is 6. The van der Waals surface area contributed by atoms with E-state index in [1.807, 2.05) is 60.7 Å². The van der Waals surface area contributed by atoms with Gasteiger partial charge in [-0.25, -0.2) is 0 Å². The van der Waals surface area contributed by atoms with E-state index in [9.17, 15) is 10.5 Å². The van der Waals surface area contributed by atoms with Crippen LogP contribution in [0.4, 0.5) is 0 Å². The van der Waals surface area contributed by atoms with E-state index < -0.39 is 0 Å². The highest BCUT2D eigenvalue weighted by atomic mass is 15.0. The van der Waals surface area contributed by atoms with Crippen LogP contribution in [0, 0.1) is 22.7 Å². The fourth-order valence-corrected chi connectivity index (χ4v) is 12.7. The van der Waals surface area contributed by atoms with Gasteiger partial charge in [0, 0.05) is 55.2 Å². The number of nitrogens with zero attached hydrogens (tertiary/aromatic N) is 4. The lowest BCUT2D eigenvalue weighted by atomic mass is 9.78. The van der Waals surface area contributed by atoms with Crippen molar-refractivity contribution in [3.8, 4) is 113 Å². The predicted molar refractivity (Wildman–Crippen MR) is 348 cm³/mol. The summed E-state index contributed by atoms with van der Waals surface area (Å²) in [4.78, 5) is 0. The first kappa shape index (κ1) is 49.5. The quantitative estimate of drug-likeness (QED) is 0.137. The zero-order valence-corrected chi connectivity index (χ0v) is 45.7. The molecule has 0 amide bonds. The second kappa shape index (κ2) is 20.8. The van der Waals surface area contributed by atoms with Crippen LogP contribution in [0.1, 0.15) is 11.1 Å². The Labute approximate surface area is 487 Å². The molecule has 4 heteroatoms. The average Bonchev–Trinajstić information content (AvgIpc) is 2.30. The van der Waals surface area contributed by atoms with E-state index in [0.29, 0.717) is 33.4 Å². The monoisotopic (exact) mass is 1070 g/mol. The minimum atomic E-state index is 0.496. The molecule has 2 aromatic heterocycles. The van der Waals surface area contributed by atoms with E-state index in [0.717, 1.165) is 122 Å². The van der Waals surface area contributed by atoms with Gasteiger partial charge in [0.2, 0.25) is 0 Å². The molecular formula is C80H50N4. The van der Waals surface area contributed by atoms with E-state index in [1.165, 1.54) is 0 Å². The second-order valence-electron chi connectivity index (χ2n) is 21.4. The Hall–Kier alpha value is -11.6. The Morgan fingerprint density at radius 1 is 0.202 bits per heavy atom. The van der Waals surface area contributed by atoms with Crippen LogP contribution in [0.5, 0.6) is 0 Å². The van der Waals surface area contributed by atoms with Crippen LogP contribution in [-0.2, 0) is 0 Å². The molecule has 15 aromatic rings. The predicted octanol–water partition coefficient (Wildman–Crippen LogP) is 21.0. The lowest BCUT2D eigenvalue weighted by Gasteiger charge is -2.23. The largest absolute Gasteiger partial charge is 0.309 e. The minimum absolute atomic E-state index is 0.496. The molecule has 390 valence electrons. The first-order chi connectivity index (χ1) is 41.6. The fourth-order valence-electron chi connectivity index (χ4n) is 12.7. The van der Waals surface area contributed by atoms with Gasteiger partial charge >= 0.3 is 0 Å². The van der Waals surface area contributed by atoms with Gasteiger partial charge in [-0.05, 0) is 140 Å². The van der Waals surface area contributed by atoms with Gasteiger partial charge in [-0.3, -0.25) is 0 Å². The molecule has 2 heterocycles. The highest BCUT2D eigenvalue weighted by Crippen LogP contribution is 2.50. The molecular weight excluding hydrogens is 1020 g/mol. The summed E-state index contributed by atoms with van der Waals surface area (Å²) >= 11 is 0. The van der Waals surface area contributed by atoms with Crippen LogP contribution in [0.2, 0.25) is 0 Å². The summed E-state index contributed by atoms with van der Waals surface area (Å²) in [6.45, 7) is 0. The van der Waals surface area contributed by atoms with Crippen molar-refractivity contribution in [1.82, 2.24) is 9.13 Å². The van der Waals surface area contributed by atoms with Crippen molar-refractivity contribution in [2.24, 2.45) is 0 Å².